The fraction of sp³-hybridized carbons (Fsp3) is 0.222. The van der Waals surface area contributed by atoms with Crippen LogP contribution in [0.3, 0.4) is 0 Å². The largest absolute Gasteiger partial charge is 0.468 e. The van der Waals surface area contributed by atoms with E-state index in [9.17, 15) is 18.0 Å². The highest BCUT2D eigenvalue weighted by Gasteiger charge is 2.28. The van der Waals surface area contributed by atoms with Crippen LogP contribution < -0.4 is 4.74 Å². The minimum atomic E-state index is -4.39. The molecule has 6 heteroatoms. The molecule has 15 heavy (non-hydrogen) atoms. The minimum Gasteiger partial charge on any atom is -0.468 e. The van der Waals surface area contributed by atoms with E-state index in [-0.39, 0.29) is 5.88 Å². The molecule has 0 unspecified atom stereocenters. The van der Waals surface area contributed by atoms with Gasteiger partial charge in [0.1, 0.15) is 5.94 Å². The van der Waals surface area contributed by atoms with Gasteiger partial charge < -0.3 is 4.74 Å². The lowest BCUT2D eigenvalue weighted by atomic mass is 10.3. The second-order valence-corrected chi connectivity index (χ2v) is 2.60. The lowest BCUT2D eigenvalue weighted by molar-refractivity contribution is -0.154. The van der Waals surface area contributed by atoms with Crippen molar-refractivity contribution >= 4 is 12.0 Å². The zero-order valence-corrected chi connectivity index (χ0v) is 7.41. The highest BCUT2D eigenvalue weighted by Crippen LogP contribution is 2.16. The highest BCUT2D eigenvalue weighted by molar-refractivity contribution is 5.74. The maximum atomic E-state index is 11.7. The minimum absolute atomic E-state index is 0.143. The number of aromatic nitrogens is 1. The van der Waals surface area contributed by atoms with Gasteiger partial charge in [-0.3, -0.25) is 0 Å². The van der Waals surface area contributed by atoms with Gasteiger partial charge in [0.25, 0.3) is 0 Å². The van der Waals surface area contributed by atoms with Crippen LogP contribution in [0, 0.1) is 0 Å². The number of nitrogens with zero attached hydrogens (tertiary/aromatic N) is 1. The second-order valence-electron chi connectivity index (χ2n) is 2.60. The topological polar surface area (TPSA) is 39.2 Å². The number of ether oxygens (including phenoxy) is 1. The van der Waals surface area contributed by atoms with Gasteiger partial charge in [-0.05, 0) is 6.07 Å². The molecule has 0 aliphatic heterocycles. The van der Waals surface area contributed by atoms with E-state index in [0.29, 0.717) is 5.56 Å². The maximum Gasteiger partial charge on any atom is 0.422 e. The summed E-state index contributed by atoms with van der Waals surface area (Å²) in [5, 5.41) is 0. The van der Waals surface area contributed by atoms with Crippen LogP contribution in [0.4, 0.5) is 13.2 Å². The Morgan fingerprint density at radius 1 is 1.47 bits per heavy atom. The summed E-state index contributed by atoms with van der Waals surface area (Å²) in [7, 11) is 0. The molecule has 1 aromatic rings. The van der Waals surface area contributed by atoms with E-state index in [1.807, 2.05) is 0 Å². The standard InChI is InChI=1S/C9H6F3NO2/c10-9(11,12)6-15-8-2-1-7(3-4-14)5-13-8/h1-3,5H,6H2. The van der Waals surface area contributed by atoms with Crippen LogP contribution in [0.5, 0.6) is 5.88 Å². The van der Waals surface area contributed by atoms with Crippen LogP contribution in [-0.4, -0.2) is 23.7 Å². The average molecular weight is 217 g/mol. The Kier molecular flexibility index (Phi) is 3.46. The van der Waals surface area contributed by atoms with Gasteiger partial charge in [0, 0.05) is 23.9 Å². The first-order chi connectivity index (χ1) is 7.01. The predicted molar refractivity (Wildman–Crippen MR) is 45.9 cm³/mol. The molecule has 0 fully saturated rings. The SMILES string of the molecule is O=C=Cc1ccc(OCC(F)(F)F)nc1. The molecule has 1 heterocycles. The molecule has 0 amide bonds. The third-order valence-electron chi connectivity index (χ3n) is 1.37. The van der Waals surface area contributed by atoms with E-state index in [1.54, 1.807) is 0 Å². The molecule has 0 bridgehead atoms. The molecule has 0 N–H and O–H groups in total. The molecule has 80 valence electrons. The van der Waals surface area contributed by atoms with Crippen molar-refractivity contribution in [1.29, 1.82) is 0 Å². The molecule has 1 rings (SSSR count). The van der Waals surface area contributed by atoms with Gasteiger partial charge in [-0.15, -0.1) is 0 Å². The summed E-state index contributed by atoms with van der Waals surface area (Å²) in [6.45, 7) is -1.39. The number of halogens is 3. The number of pyridine rings is 1. The summed E-state index contributed by atoms with van der Waals surface area (Å²) >= 11 is 0. The van der Waals surface area contributed by atoms with E-state index in [1.165, 1.54) is 24.3 Å². The van der Waals surface area contributed by atoms with Crippen molar-refractivity contribution in [1.82, 2.24) is 4.98 Å². The van der Waals surface area contributed by atoms with Crippen molar-refractivity contribution < 1.29 is 22.7 Å². The number of carbonyl (C=O) groups excluding carboxylic acids is 1. The maximum absolute atomic E-state index is 11.7. The lowest BCUT2D eigenvalue weighted by Crippen LogP contribution is -2.19. The van der Waals surface area contributed by atoms with Gasteiger partial charge >= 0.3 is 6.18 Å². The Hall–Kier alpha value is -1.81. The first kappa shape index (κ1) is 11.3. The fourth-order valence-electron chi connectivity index (χ4n) is 0.786. The van der Waals surface area contributed by atoms with Gasteiger partial charge in [0.05, 0.1) is 0 Å². The Bertz CT molecular complexity index is 366. The van der Waals surface area contributed by atoms with Crippen molar-refractivity contribution in [3.05, 3.63) is 23.9 Å². The quantitative estimate of drug-likeness (QED) is 0.725. The summed E-state index contributed by atoms with van der Waals surface area (Å²) < 4.78 is 39.5. The Morgan fingerprint density at radius 2 is 2.20 bits per heavy atom. The zero-order valence-electron chi connectivity index (χ0n) is 7.41. The molecule has 0 atom stereocenters. The molecule has 0 aliphatic rings. The summed E-state index contributed by atoms with van der Waals surface area (Å²) in [5.74, 6) is 1.38. The number of hydrogen-bond donors (Lipinski definition) is 0. The average Bonchev–Trinajstić information content (AvgIpc) is 2.16. The van der Waals surface area contributed by atoms with Crippen molar-refractivity contribution in [2.75, 3.05) is 6.61 Å². The number of alkyl halides is 3. The van der Waals surface area contributed by atoms with Gasteiger partial charge in [0.2, 0.25) is 5.88 Å². The van der Waals surface area contributed by atoms with Crippen LogP contribution in [0.25, 0.3) is 6.08 Å². The van der Waals surface area contributed by atoms with Crippen molar-refractivity contribution in [2.45, 2.75) is 6.18 Å². The van der Waals surface area contributed by atoms with Gasteiger partial charge in [0.15, 0.2) is 6.61 Å². The molecule has 0 saturated heterocycles. The van der Waals surface area contributed by atoms with E-state index < -0.39 is 12.8 Å². The van der Waals surface area contributed by atoms with Crippen LogP contribution in [0.1, 0.15) is 5.56 Å². The van der Waals surface area contributed by atoms with Gasteiger partial charge in [-0.1, -0.05) is 0 Å². The smallest absolute Gasteiger partial charge is 0.422 e. The summed E-state index contributed by atoms with van der Waals surface area (Å²) in [5.41, 5.74) is 0.448. The molecule has 1 aromatic heterocycles. The molecule has 0 spiro atoms. The number of hydrogen-bond acceptors (Lipinski definition) is 3. The first-order valence-corrected chi connectivity index (χ1v) is 3.88. The first-order valence-electron chi connectivity index (χ1n) is 3.88. The van der Waals surface area contributed by atoms with E-state index >= 15 is 0 Å². The van der Waals surface area contributed by atoms with Gasteiger partial charge in [-0.2, -0.15) is 13.2 Å². The second kappa shape index (κ2) is 4.61. The lowest BCUT2D eigenvalue weighted by Gasteiger charge is -2.07. The van der Waals surface area contributed by atoms with Crippen LogP contribution >= 0.6 is 0 Å². The Labute approximate surface area is 83.2 Å². The number of rotatable bonds is 3. The monoisotopic (exact) mass is 217 g/mol. The normalized spacial score (nSPS) is 10.6. The Balaban J connectivity index is 2.61. The summed E-state index contributed by atoms with van der Waals surface area (Å²) in [6, 6.07) is 2.65. The molecule has 0 aromatic carbocycles. The fourth-order valence-corrected chi connectivity index (χ4v) is 0.786. The van der Waals surface area contributed by atoms with Crippen molar-refractivity contribution in [3.63, 3.8) is 0 Å². The molecular weight excluding hydrogens is 211 g/mol. The molecule has 0 aliphatic carbocycles. The van der Waals surface area contributed by atoms with E-state index in [0.717, 1.165) is 6.08 Å². The highest BCUT2D eigenvalue weighted by atomic mass is 19.4. The molecule has 0 saturated carbocycles. The van der Waals surface area contributed by atoms with Crippen molar-refractivity contribution in [2.24, 2.45) is 0 Å². The Morgan fingerprint density at radius 3 is 2.67 bits per heavy atom. The van der Waals surface area contributed by atoms with Crippen molar-refractivity contribution in [3.8, 4) is 5.88 Å². The van der Waals surface area contributed by atoms with Crippen LogP contribution in [0.2, 0.25) is 0 Å². The van der Waals surface area contributed by atoms with E-state index in [2.05, 4.69) is 9.72 Å². The zero-order chi connectivity index (χ0) is 11.3. The van der Waals surface area contributed by atoms with Crippen LogP contribution in [0.15, 0.2) is 18.3 Å². The molecular formula is C9H6F3NO2. The molecule has 3 nitrogen and oxygen atoms in total. The van der Waals surface area contributed by atoms with Crippen LogP contribution in [-0.2, 0) is 4.79 Å². The third-order valence-corrected chi connectivity index (χ3v) is 1.37. The van der Waals surface area contributed by atoms with E-state index in [4.69, 9.17) is 0 Å². The predicted octanol–water partition coefficient (Wildman–Crippen LogP) is 1.87. The molecule has 0 radical (unpaired) electrons. The summed E-state index contributed by atoms with van der Waals surface area (Å²) in [4.78, 5) is 13.5. The van der Waals surface area contributed by atoms with Gasteiger partial charge in [-0.25, -0.2) is 9.78 Å². The third kappa shape index (κ3) is 4.28. The summed E-state index contributed by atoms with van der Waals surface area (Å²) in [6.07, 6.45) is -2.06.